The molecule has 0 aliphatic carbocycles. The van der Waals surface area contributed by atoms with Crippen LogP contribution < -0.4 is 5.32 Å². The molecule has 7 nitrogen and oxygen atoms in total. The summed E-state index contributed by atoms with van der Waals surface area (Å²) >= 11 is 0. The lowest BCUT2D eigenvalue weighted by atomic mass is 10.3. The van der Waals surface area contributed by atoms with Crippen molar-refractivity contribution in [2.75, 3.05) is 13.2 Å². The molecule has 2 aromatic heterocycles. The second kappa shape index (κ2) is 6.05. The quantitative estimate of drug-likeness (QED) is 0.807. The Kier molecular flexibility index (Phi) is 4.19. The molecule has 0 aliphatic heterocycles. The van der Waals surface area contributed by atoms with Crippen molar-refractivity contribution in [3.05, 3.63) is 36.3 Å². The molecule has 106 valence electrons. The van der Waals surface area contributed by atoms with E-state index in [2.05, 4.69) is 10.4 Å². The van der Waals surface area contributed by atoms with Crippen LogP contribution in [0.5, 0.6) is 0 Å². The van der Waals surface area contributed by atoms with Gasteiger partial charge in [-0.3, -0.25) is 14.3 Å². The Morgan fingerprint density at radius 2 is 2.05 bits per heavy atom. The van der Waals surface area contributed by atoms with Crippen molar-refractivity contribution in [3.63, 3.8) is 0 Å². The molecule has 2 rings (SSSR count). The van der Waals surface area contributed by atoms with Gasteiger partial charge in [0.25, 0.3) is 5.91 Å². The van der Waals surface area contributed by atoms with Crippen molar-refractivity contribution in [1.29, 1.82) is 0 Å². The Balaban J connectivity index is 2.13. The van der Waals surface area contributed by atoms with Crippen LogP contribution in [-0.4, -0.2) is 39.4 Å². The Hall–Kier alpha value is -2.57. The van der Waals surface area contributed by atoms with Crippen molar-refractivity contribution < 1.29 is 14.3 Å². The van der Waals surface area contributed by atoms with Gasteiger partial charge in [-0.2, -0.15) is 5.10 Å². The second-order valence-corrected chi connectivity index (χ2v) is 4.08. The first-order valence-corrected chi connectivity index (χ1v) is 6.22. The van der Waals surface area contributed by atoms with Gasteiger partial charge in [-0.25, -0.2) is 0 Å². The summed E-state index contributed by atoms with van der Waals surface area (Å²) in [6, 6.07) is 3.71. The summed E-state index contributed by atoms with van der Waals surface area (Å²) in [6.45, 7) is 1.84. The minimum atomic E-state index is -0.466. The van der Waals surface area contributed by atoms with Gasteiger partial charge >= 0.3 is 5.97 Å². The summed E-state index contributed by atoms with van der Waals surface area (Å²) in [4.78, 5) is 23.3. The summed E-state index contributed by atoms with van der Waals surface area (Å²) in [6.07, 6.45) is 5.11. The molecule has 0 aliphatic rings. The van der Waals surface area contributed by atoms with Gasteiger partial charge in [-0.15, -0.1) is 0 Å². The summed E-state index contributed by atoms with van der Waals surface area (Å²) in [7, 11) is 1.75. The molecule has 0 saturated heterocycles. The van der Waals surface area contributed by atoms with Crippen LogP contribution in [0.4, 0.5) is 0 Å². The number of esters is 1. The van der Waals surface area contributed by atoms with Gasteiger partial charge in [0.1, 0.15) is 17.9 Å². The molecule has 1 amide bonds. The molecular formula is C13H16N4O3. The molecule has 1 N–H and O–H groups in total. The Morgan fingerprint density at radius 1 is 1.35 bits per heavy atom. The topological polar surface area (TPSA) is 78.2 Å². The summed E-state index contributed by atoms with van der Waals surface area (Å²) < 4.78 is 8.14. The van der Waals surface area contributed by atoms with E-state index >= 15 is 0 Å². The van der Waals surface area contributed by atoms with Crippen LogP contribution >= 0.6 is 0 Å². The lowest BCUT2D eigenvalue weighted by Gasteiger charge is -2.08. The van der Waals surface area contributed by atoms with E-state index in [1.165, 1.54) is 6.20 Å². The van der Waals surface area contributed by atoms with E-state index in [-0.39, 0.29) is 19.1 Å². The number of hydrogen-bond acceptors (Lipinski definition) is 4. The number of amides is 1. The maximum Gasteiger partial charge on any atom is 0.325 e. The fraction of sp³-hybridized carbons (Fsp3) is 0.308. The van der Waals surface area contributed by atoms with E-state index in [9.17, 15) is 9.59 Å². The van der Waals surface area contributed by atoms with E-state index in [0.717, 1.165) is 0 Å². The number of nitrogens with one attached hydrogen (secondary N) is 1. The number of aromatic nitrogens is 3. The summed E-state index contributed by atoms with van der Waals surface area (Å²) in [5, 5.41) is 6.59. The van der Waals surface area contributed by atoms with E-state index in [1.54, 1.807) is 23.2 Å². The van der Waals surface area contributed by atoms with Crippen LogP contribution in [0.15, 0.2) is 30.7 Å². The maximum atomic E-state index is 12.1. The summed E-state index contributed by atoms with van der Waals surface area (Å²) in [5.74, 6) is -0.196. The first-order valence-electron chi connectivity index (χ1n) is 6.22. The normalized spacial score (nSPS) is 10.3. The highest BCUT2D eigenvalue weighted by Crippen LogP contribution is 2.13. The Labute approximate surface area is 116 Å². The first-order chi connectivity index (χ1) is 9.63. The van der Waals surface area contributed by atoms with Crippen LogP contribution in [0.1, 0.15) is 17.3 Å². The third kappa shape index (κ3) is 2.87. The predicted octanol–water partition coefficient (Wildman–Crippen LogP) is 0.504. The van der Waals surface area contributed by atoms with Crippen LogP contribution in [0.2, 0.25) is 0 Å². The molecule has 2 aromatic rings. The van der Waals surface area contributed by atoms with Crippen molar-refractivity contribution in [2.24, 2.45) is 7.05 Å². The zero-order valence-electron chi connectivity index (χ0n) is 11.4. The van der Waals surface area contributed by atoms with E-state index in [1.807, 2.05) is 24.5 Å². The van der Waals surface area contributed by atoms with Crippen LogP contribution in [0.25, 0.3) is 5.82 Å². The van der Waals surface area contributed by atoms with Gasteiger partial charge < -0.3 is 14.6 Å². The first kappa shape index (κ1) is 13.9. The zero-order valence-corrected chi connectivity index (χ0v) is 11.4. The third-order valence-corrected chi connectivity index (χ3v) is 2.70. The highest BCUT2D eigenvalue weighted by Gasteiger charge is 2.17. The van der Waals surface area contributed by atoms with Crippen molar-refractivity contribution in [2.45, 2.75) is 6.92 Å². The molecule has 0 radical (unpaired) electrons. The number of ether oxygens (including phenoxy) is 1. The zero-order chi connectivity index (χ0) is 14.5. The smallest absolute Gasteiger partial charge is 0.325 e. The van der Waals surface area contributed by atoms with E-state index < -0.39 is 5.97 Å². The number of nitrogens with zero attached hydrogens (tertiary/aromatic N) is 3. The minimum absolute atomic E-state index is 0.160. The fourth-order valence-electron chi connectivity index (χ4n) is 1.83. The van der Waals surface area contributed by atoms with Gasteiger partial charge in [-0.1, -0.05) is 0 Å². The molecule has 7 heteroatoms. The highest BCUT2D eigenvalue weighted by molar-refractivity contribution is 5.98. The van der Waals surface area contributed by atoms with Crippen molar-refractivity contribution in [1.82, 2.24) is 19.7 Å². The number of hydrogen-bond donors (Lipinski definition) is 1. The van der Waals surface area contributed by atoms with Crippen LogP contribution in [0.3, 0.4) is 0 Å². The Morgan fingerprint density at radius 3 is 2.70 bits per heavy atom. The third-order valence-electron chi connectivity index (χ3n) is 2.70. The van der Waals surface area contributed by atoms with Crippen molar-refractivity contribution >= 4 is 11.9 Å². The number of carbonyl (C=O) groups excluding carboxylic acids is 2. The average Bonchev–Trinajstić information content (AvgIpc) is 3.05. The van der Waals surface area contributed by atoms with Gasteiger partial charge in [0.15, 0.2) is 0 Å². The van der Waals surface area contributed by atoms with Crippen molar-refractivity contribution in [3.8, 4) is 5.82 Å². The molecule has 0 saturated carbocycles. The molecule has 0 aromatic carbocycles. The monoisotopic (exact) mass is 276 g/mol. The SMILES string of the molecule is CCOC(=O)CNC(=O)c1cnn(C)c1-n1cccc1. The van der Waals surface area contributed by atoms with E-state index in [0.29, 0.717) is 11.4 Å². The number of aryl methyl sites for hydroxylation is 1. The minimum Gasteiger partial charge on any atom is -0.465 e. The standard InChI is InChI=1S/C13H16N4O3/c1-3-20-11(18)9-14-12(19)10-8-15-16(2)13(10)17-6-4-5-7-17/h4-8H,3,9H2,1-2H3,(H,14,19). The average molecular weight is 276 g/mol. The van der Waals surface area contributed by atoms with Crippen LogP contribution in [-0.2, 0) is 16.6 Å². The molecule has 0 fully saturated rings. The lowest BCUT2D eigenvalue weighted by molar-refractivity contribution is -0.141. The number of rotatable bonds is 5. The van der Waals surface area contributed by atoms with Gasteiger partial charge in [-0.05, 0) is 19.1 Å². The molecule has 0 unspecified atom stereocenters. The van der Waals surface area contributed by atoms with E-state index in [4.69, 9.17) is 4.74 Å². The maximum absolute atomic E-state index is 12.1. The van der Waals surface area contributed by atoms with Gasteiger partial charge in [0, 0.05) is 19.4 Å². The largest absolute Gasteiger partial charge is 0.465 e. The highest BCUT2D eigenvalue weighted by atomic mass is 16.5. The molecule has 2 heterocycles. The molecule has 20 heavy (non-hydrogen) atoms. The van der Waals surface area contributed by atoms with Crippen LogP contribution in [0, 0.1) is 0 Å². The number of carbonyl (C=O) groups is 2. The van der Waals surface area contributed by atoms with Gasteiger partial charge in [0.05, 0.1) is 12.8 Å². The Bertz CT molecular complexity index is 601. The second-order valence-electron chi connectivity index (χ2n) is 4.08. The predicted molar refractivity (Wildman–Crippen MR) is 71.5 cm³/mol. The molecule has 0 bridgehead atoms. The molecule has 0 atom stereocenters. The molecule has 0 spiro atoms. The summed E-state index contributed by atoms with van der Waals surface area (Å²) in [5.41, 5.74) is 0.396. The lowest BCUT2D eigenvalue weighted by Crippen LogP contribution is -2.31. The molecular weight excluding hydrogens is 260 g/mol. The fourth-order valence-corrected chi connectivity index (χ4v) is 1.83. The van der Waals surface area contributed by atoms with Gasteiger partial charge in [0.2, 0.25) is 0 Å².